The Bertz CT molecular complexity index is 516. The minimum atomic E-state index is -0.000518. The van der Waals surface area contributed by atoms with E-state index in [0.29, 0.717) is 32.1 Å². The van der Waals surface area contributed by atoms with Crippen LogP contribution in [-0.4, -0.2) is 68.7 Å². The van der Waals surface area contributed by atoms with Crippen molar-refractivity contribution >= 4 is 17.4 Å². The number of amides is 1. The fourth-order valence-electron chi connectivity index (χ4n) is 2.70. The molecular formula is C15H23N5O3. The molecule has 2 aliphatic rings. The van der Waals surface area contributed by atoms with Gasteiger partial charge in [-0.3, -0.25) is 4.79 Å². The second kappa shape index (κ2) is 8.07. The molecule has 3 heterocycles. The summed E-state index contributed by atoms with van der Waals surface area (Å²) in [6.07, 6.45) is 2.57. The Morgan fingerprint density at radius 2 is 2.13 bits per heavy atom. The zero-order valence-corrected chi connectivity index (χ0v) is 13.2. The highest BCUT2D eigenvalue weighted by Crippen LogP contribution is 2.17. The zero-order valence-electron chi connectivity index (χ0n) is 13.2. The molecule has 8 nitrogen and oxygen atoms in total. The van der Waals surface area contributed by atoms with E-state index in [4.69, 9.17) is 9.47 Å². The number of rotatable bonds is 6. The Morgan fingerprint density at radius 3 is 2.91 bits per heavy atom. The Labute approximate surface area is 135 Å². The molecule has 8 heteroatoms. The summed E-state index contributed by atoms with van der Waals surface area (Å²) < 4.78 is 10.6. The Hall–Kier alpha value is -1.93. The Kier molecular flexibility index (Phi) is 5.60. The first-order chi connectivity index (χ1) is 11.3. The maximum absolute atomic E-state index is 11.9. The summed E-state index contributed by atoms with van der Waals surface area (Å²) >= 11 is 0. The summed E-state index contributed by atoms with van der Waals surface area (Å²) in [6.45, 7) is 5.59. The molecule has 1 atom stereocenters. The van der Waals surface area contributed by atoms with Gasteiger partial charge in [-0.1, -0.05) is 0 Å². The van der Waals surface area contributed by atoms with E-state index in [2.05, 4.69) is 25.7 Å². The average Bonchev–Trinajstić information content (AvgIpc) is 3.14. The van der Waals surface area contributed by atoms with Gasteiger partial charge in [0.05, 0.1) is 37.6 Å². The van der Waals surface area contributed by atoms with Crippen LogP contribution in [0.2, 0.25) is 0 Å². The fourth-order valence-corrected chi connectivity index (χ4v) is 2.70. The topological polar surface area (TPSA) is 88.6 Å². The van der Waals surface area contributed by atoms with Gasteiger partial charge in [-0.05, 0) is 6.42 Å². The molecule has 23 heavy (non-hydrogen) atoms. The van der Waals surface area contributed by atoms with Crippen molar-refractivity contribution in [3.8, 4) is 0 Å². The van der Waals surface area contributed by atoms with Gasteiger partial charge < -0.3 is 25.0 Å². The quantitative estimate of drug-likeness (QED) is 0.706. The van der Waals surface area contributed by atoms with E-state index < -0.39 is 0 Å². The van der Waals surface area contributed by atoms with E-state index >= 15 is 0 Å². The van der Waals surface area contributed by atoms with Gasteiger partial charge >= 0.3 is 0 Å². The van der Waals surface area contributed by atoms with Gasteiger partial charge in [-0.15, -0.1) is 5.10 Å². The number of hydrogen-bond donors (Lipinski definition) is 2. The molecule has 0 aromatic carbocycles. The van der Waals surface area contributed by atoms with Gasteiger partial charge in [0.2, 0.25) is 5.91 Å². The molecule has 1 aromatic heterocycles. The summed E-state index contributed by atoms with van der Waals surface area (Å²) in [5, 5.41) is 14.2. The number of aromatic nitrogens is 2. The summed E-state index contributed by atoms with van der Waals surface area (Å²) in [6, 6.07) is 1.98. The minimum absolute atomic E-state index is 0.000518. The molecule has 2 N–H and O–H groups in total. The fraction of sp³-hybridized carbons (Fsp3) is 0.667. The third kappa shape index (κ3) is 4.52. The SMILES string of the molecule is O=C(NCCNc1cc(N2CCOCC2)cnn1)C1CCOC1. The van der Waals surface area contributed by atoms with Crippen molar-refractivity contribution in [3.05, 3.63) is 12.3 Å². The molecule has 1 amide bonds. The monoisotopic (exact) mass is 321 g/mol. The number of nitrogens with zero attached hydrogens (tertiary/aromatic N) is 3. The number of carbonyl (C=O) groups excluding carboxylic acids is 1. The van der Waals surface area contributed by atoms with Gasteiger partial charge in [0, 0.05) is 38.9 Å². The van der Waals surface area contributed by atoms with E-state index in [1.165, 1.54) is 0 Å². The molecule has 1 aromatic rings. The number of hydrogen-bond acceptors (Lipinski definition) is 7. The standard InChI is InChI=1S/C15H23N5O3/c21-15(12-1-6-23-11-12)17-3-2-16-14-9-13(10-18-19-14)20-4-7-22-8-5-20/h9-10,12H,1-8,11H2,(H,16,19)(H,17,21). The lowest BCUT2D eigenvalue weighted by molar-refractivity contribution is -0.124. The van der Waals surface area contributed by atoms with Crippen LogP contribution in [-0.2, 0) is 14.3 Å². The van der Waals surface area contributed by atoms with Crippen LogP contribution >= 0.6 is 0 Å². The van der Waals surface area contributed by atoms with Gasteiger partial charge in [0.15, 0.2) is 5.82 Å². The first kappa shape index (κ1) is 15.9. The van der Waals surface area contributed by atoms with Crippen LogP contribution in [0.1, 0.15) is 6.42 Å². The van der Waals surface area contributed by atoms with Crippen molar-refractivity contribution in [1.82, 2.24) is 15.5 Å². The molecule has 1 unspecified atom stereocenters. The lowest BCUT2D eigenvalue weighted by Crippen LogP contribution is -2.36. The van der Waals surface area contributed by atoms with Crippen molar-refractivity contribution in [2.75, 3.05) is 62.8 Å². The highest BCUT2D eigenvalue weighted by atomic mass is 16.5. The van der Waals surface area contributed by atoms with Gasteiger partial charge in [-0.25, -0.2) is 0 Å². The second-order valence-electron chi connectivity index (χ2n) is 5.68. The van der Waals surface area contributed by atoms with Crippen molar-refractivity contribution in [2.45, 2.75) is 6.42 Å². The predicted molar refractivity (Wildman–Crippen MR) is 85.5 cm³/mol. The normalized spacial score (nSPS) is 21.2. The average molecular weight is 321 g/mol. The molecule has 0 saturated carbocycles. The number of nitrogens with one attached hydrogen (secondary N) is 2. The third-order valence-electron chi connectivity index (χ3n) is 4.05. The van der Waals surface area contributed by atoms with Crippen molar-refractivity contribution in [3.63, 3.8) is 0 Å². The van der Waals surface area contributed by atoms with Crippen LogP contribution in [0.15, 0.2) is 12.3 Å². The van der Waals surface area contributed by atoms with E-state index in [9.17, 15) is 4.79 Å². The summed E-state index contributed by atoms with van der Waals surface area (Å²) in [4.78, 5) is 14.1. The van der Waals surface area contributed by atoms with Gasteiger partial charge in [-0.2, -0.15) is 5.10 Å². The van der Waals surface area contributed by atoms with E-state index in [0.717, 1.165) is 38.4 Å². The van der Waals surface area contributed by atoms with Crippen LogP contribution in [0.3, 0.4) is 0 Å². The van der Waals surface area contributed by atoms with Crippen LogP contribution in [0.4, 0.5) is 11.5 Å². The molecule has 0 radical (unpaired) electrons. The van der Waals surface area contributed by atoms with E-state index in [-0.39, 0.29) is 11.8 Å². The molecule has 2 aliphatic heterocycles. The van der Waals surface area contributed by atoms with Crippen LogP contribution in [0.5, 0.6) is 0 Å². The molecule has 2 fully saturated rings. The second-order valence-corrected chi connectivity index (χ2v) is 5.68. The lowest BCUT2D eigenvalue weighted by Gasteiger charge is -2.28. The highest BCUT2D eigenvalue weighted by molar-refractivity contribution is 5.79. The predicted octanol–water partition coefficient (Wildman–Crippen LogP) is -0.122. The van der Waals surface area contributed by atoms with Crippen LogP contribution in [0.25, 0.3) is 0 Å². The number of morpholine rings is 1. The van der Waals surface area contributed by atoms with Crippen LogP contribution < -0.4 is 15.5 Å². The largest absolute Gasteiger partial charge is 0.381 e. The van der Waals surface area contributed by atoms with E-state index in [1.54, 1.807) is 6.20 Å². The van der Waals surface area contributed by atoms with Crippen molar-refractivity contribution < 1.29 is 14.3 Å². The number of ether oxygens (including phenoxy) is 2. The van der Waals surface area contributed by atoms with Crippen molar-refractivity contribution in [1.29, 1.82) is 0 Å². The number of anilines is 2. The molecule has 0 spiro atoms. The molecule has 0 aliphatic carbocycles. The minimum Gasteiger partial charge on any atom is -0.381 e. The first-order valence-electron chi connectivity index (χ1n) is 8.07. The van der Waals surface area contributed by atoms with Crippen LogP contribution in [0, 0.1) is 5.92 Å². The lowest BCUT2D eigenvalue weighted by atomic mass is 10.1. The maximum atomic E-state index is 11.9. The molecule has 0 bridgehead atoms. The molecule has 126 valence electrons. The smallest absolute Gasteiger partial charge is 0.225 e. The Morgan fingerprint density at radius 1 is 1.26 bits per heavy atom. The first-order valence-corrected chi connectivity index (χ1v) is 8.07. The highest BCUT2D eigenvalue weighted by Gasteiger charge is 2.22. The van der Waals surface area contributed by atoms with Gasteiger partial charge in [0.25, 0.3) is 0 Å². The number of carbonyl (C=O) groups is 1. The molecule has 2 saturated heterocycles. The Balaban J connectivity index is 1.42. The molecule has 3 rings (SSSR count). The third-order valence-corrected chi connectivity index (χ3v) is 4.05. The van der Waals surface area contributed by atoms with Gasteiger partial charge in [0.1, 0.15) is 0 Å². The summed E-state index contributed by atoms with van der Waals surface area (Å²) in [7, 11) is 0. The van der Waals surface area contributed by atoms with E-state index in [1.807, 2.05) is 6.07 Å². The zero-order chi connectivity index (χ0) is 15.9. The maximum Gasteiger partial charge on any atom is 0.225 e. The molecular weight excluding hydrogens is 298 g/mol. The summed E-state index contributed by atoms with van der Waals surface area (Å²) in [5.74, 6) is 0.782. The summed E-state index contributed by atoms with van der Waals surface area (Å²) in [5.41, 5.74) is 1.04. The van der Waals surface area contributed by atoms with Crippen molar-refractivity contribution in [2.24, 2.45) is 5.92 Å².